The van der Waals surface area contributed by atoms with Crippen LogP contribution in [-0.4, -0.2) is 9.13 Å². The van der Waals surface area contributed by atoms with Crippen molar-refractivity contribution in [3.05, 3.63) is 84.9 Å². The van der Waals surface area contributed by atoms with Crippen molar-refractivity contribution >= 4 is 107 Å². The van der Waals surface area contributed by atoms with Gasteiger partial charge in [-0.1, -0.05) is 87.6 Å². The maximum atomic E-state index is 2.66. The summed E-state index contributed by atoms with van der Waals surface area (Å²) in [6.07, 6.45) is 7.90. The van der Waals surface area contributed by atoms with Crippen molar-refractivity contribution in [2.75, 3.05) is 0 Å². The van der Waals surface area contributed by atoms with E-state index in [4.69, 9.17) is 0 Å². The third kappa shape index (κ3) is 3.82. The molecule has 0 aliphatic heterocycles. The summed E-state index contributed by atoms with van der Waals surface area (Å²) in [5.41, 5.74) is 5.52. The molecule has 212 valence electrons. The number of aromatic nitrogens is 2. The molecule has 0 spiro atoms. The molecule has 43 heavy (non-hydrogen) atoms. The van der Waals surface area contributed by atoms with Gasteiger partial charge in [-0.3, -0.25) is 0 Å². The predicted molar refractivity (Wildman–Crippen MR) is 193 cm³/mol. The second kappa shape index (κ2) is 9.83. The number of thiophene rings is 2. The number of fused-ring (bicyclic) bond motifs is 12. The third-order valence-corrected chi connectivity index (χ3v) is 12.0. The molecule has 2 nitrogen and oxygen atoms in total. The number of unbranched alkanes of at least 4 members (excludes halogenated alkanes) is 5. The third-order valence-electron chi connectivity index (χ3n) is 9.66. The molecule has 0 aliphatic rings. The first-order valence-corrected chi connectivity index (χ1v) is 17.4. The van der Waals surface area contributed by atoms with E-state index < -0.39 is 0 Å². The van der Waals surface area contributed by atoms with Gasteiger partial charge < -0.3 is 9.13 Å². The van der Waals surface area contributed by atoms with E-state index in [2.05, 4.69) is 108 Å². The number of hydrogen-bond donors (Lipinski definition) is 0. The van der Waals surface area contributed by atoms with Gasteiger partial charge in [-0.15, -0.1) is 22.7 Å². The van der Waals surface area contributed by atoms with Gasteiger partial charge in [-0.2, -0.15) is 0 Å². The first-order valence-electron chi connectivity index (χ1n) is 15.8. The zero-order valence-electron chi connectivity index (χ0n) is 24.7. The van der Waals surface area contributed by atoms with Crippen LogP contribution in [0.1, 0.15) is 45.4 Å². The molecule has 4 aromatic heterocycles. The Kier molecular flexibility index (Phi) is 5.86. The van der Waals surface area contributed by atoms with E-state index in [1.54, 1.807) is 0 Å². The standard InChI is InChI=1S/C39H34N2S2/c1-3-4-5-6-7-12-17-41-33-21-27-16-11-9-14-25(27)19-29(33)39-37(41)31-23-34-30(22-35(31)43-39)36-38(42-34)28-18-24-13-8-10-15-26(24)20-32(28)40(36)2/h8-11,13-16,18-23H,3-7,12,17H2,1-2H3. The topological polar surface area (TPSA) is 9.86 Å². The van der Waals surface area contributed by atoms with Crippen LogP contribution in [0.15, 0.2) is 84.9 Å². The zero-order chi connectivity index (χ0) is 28.7. The lowest BCUT2D eigenvalue weighted by molar-refractivity contribution is 0.571. The molecule has 4 heteroatoms. The Balaban J connectivity index is 1.28. The van der Waals surface area contributed by atoms with E-state index >= 15 is 0 Å². The van der Waals surface area contributed by atoms with Crippen molar-refractivity contribution in [1.29, 1.82) is 0 Å². The van der Waals surface area contributed by atoms with E-state index in [9.17, 15) is 0 Å². The van der Waals surface area contributed by atoms with Gasteiger partial charge in [0, 0.05) is 44.5 Å². The molecular formula is C39H34N2S2. The van der Waals surface area contributed by atoms with Crippen LogP contribution in [0, 0.1) is 0 Å². The monoisotopic (exact) mass is 594 g/mol. The van der Waals surface area contributed by atoms with Gasteiger partial charge in [-0.05, 0) is 64.4 Å². The molecule has 0 bridgehead atoms. The second-order valence-corrected chi connectivity index (χ2v) is 14.4. The molecule has 0 radical (unpaired) electrons. The Morgan fingerprint density at radius 2 is 1.05 bits per heavy atom. The number of aryl methyl sites for hydroxylation is 2. The van der Waals surface area contributed by atoms with Crippen molar-refractivity contribution < 1.29 is 0 Å². The molecule has 0 N–H and O–H groups in total. The minimum atomic E-state index is 1.08. The summed E-state index contributed by atoms with van der Waals surface area (Å²) in [6.45, 7) is 3.38. The lowest BCUT2D eigenvalue weighted by atomic mass is 10.1. The maximum Gasteiger partial charge on any atom is 0.0681 e. The summed E-state index contributed by atoms with van der Waals surface area (Å²) < 4.78 is 10.7. The van der Waals surface area contributed by atoms with Gasteiger partial charge in [0.2, 0.25) is 0 Å². The van der Waals surface area contributed by atoms with Gasteiger partial charge in [0.25, 0.3) is 0 Å². The summed E-state index contributed by atoms with van der Waals surface area (Å²) in [6, 6.07) is 32.2. The SMILES string of the molecule is CCCCCCCCn1c2cc3ccccc3cc2c2sc3cc4c(cc3c21)sc1c2cc3ccccc3cc2n(C)c41. The molecule has 0 saturated carbocycles. The van der Waals surface area contributed by atoms with E-state index in [0.29, 0.717) is 0 Å². The minimum absolute atomic E-state index is 1.08. The van der Waals surface area contributed by atoms with Crippen LogP contribution >= 0.6 is 22.7 Å². The van der Waals surface area contributed by atoms with Gasteiger partial charge in [0.05, 0.1) is 31.5 Å². The Hall–Kier alpha value is -3.86. The fourth-order valence-corrected chi connectivity index (χ4v) is 10.0. The van der Waals surface area contributed by atoms with Crippen LogP contribution in [0.3, 0.4) is 0 Å². The fourth-order valence-electron chi connectivity index (χ4n) is 7.47. The average molecular weight is 595 g/mol. The lowest BCUT2D eigenvalue weighted by Crippen LogP contribution is -1.98. The van der Waals surface area contributed by atoms with Gasteiger partial charge in [0.15, 0.2) is 0 Å². The molecule has 0 saturated heterocycles. The zero-order valence-corrected chi connectivity index (χ0v) is 26.4. The van der Waals surface area contributed by atoms with Crippen molar-refractivity contribution in [3.8, 4) is 0 Å². The van der Waals surface area contributed by atoms with E-state index in [1.807, 2.05) is 22.7 Å². The summed E-state index contributed by atoms with van der Waals surface area (Å²) in [5, 5.41) is 10.9. The van der Waals surface area contributed by atoms with Crippen LogP contribution in [0.25, 0.3) is 84.0 Å². The number of hydrogen-bond acceptors (Lipinski definition) is 2. The van der Waals surface area contributed by atoms with E-state index in [0.717, 1.165) is 6.54 Å². The molecule has 0 amide bonds. The first kappa shape index (κ1) is 25.6. The predicted octanol–water partition coefficient (Wildman–Crippen LogP) is 12.5. The smallest absolute Gasteiger partial charge is 0.0681 e. The van der Waals surface area contributed by atoms with Crippen LogP contribution in [0.4, 0.5) is 0 Å². The molecule has 9 aromatic rings. The van der Waals surface area contributed by atoms with Crippen LogP contribution in [0.5, 0.6) is 0 Å². The quantitative estimate of drug-likeness (QED) is 0.162. The highest BCUT2D eigenvalue weighted by atomic mass is 32.1. The Labute approximate surface area is 258 Å². The molecule has 0 fully saturated rings. The summed E-state index contributed by atoms with van der Waals surface area (Å²) in [7, 11) is 2.24. The summed E-state index contributed by atoms with van der Waals surface area (Å²) in [4.78, 5) is 0. The van der Waals surface area contributed by atoms with Crippen molar-refractivity contribution in [1.82, 2.24) is 9.13 Å². The Bertz CT molecular complexity index is 2520. The molecule has 0 unspecified atom stereocenters. The Morgan fingerprint density at radius 1 is 0.535 bits per heavy atom. The summed E-state index contributed by atoms with van der Waals surface area (Å²) in [5.74, 6) is 0. The molecule has 9 rings (SSSR count). The average Bonchev–Trinajstić information content (AvgIpc) is 3.74. The molecule has 5 aromatic carbocycles. The molecular weight excluding hydrogens is 561 g/mol. The van der Waals surface area contributed by atoms with Crippen LogP contribution < -0.4 is 0 Å². The number of nitrogens with zero attached hydrogens (tertiary/aromatic N) is 2. The minimum Gasteiger partial charge on any atom is -0.342 e. The highest BCUT2D eigenvalue weighted by Gasteiger charge is 2.21. The Morgan fingerprint density at radius 3 is 1.70 bits per heavy atom. The first-order chi connectivity index (χ1) is 21.2. The van der Waals surface area contributed by atoms with Crippen LogP contribution in [-0.2, 0) is 13.6 Å². The second-order valence-electron chi connectivity index (χ2n) is 12.3. The fraction of sp³-hybridized carbons (Fsp3) is 0.231. The summed E-state index contributed by atoms with van der Waals surface area (Å²) >= 11 is 3.95. The largest absolute Gasteiger partial charge is 0.342 e. The van der Waals surface area contributed by atoms with Crippen LogP contribution in [0.2, 0.25) is 0 Å². The van der Waals surface area contributed by atoms with Crippen molar-refractivity contribution in [3.63, 3.8) is 0 Å². The lowest BCUT2D eigenvalue weighted by Gasteiger charge is -2.09. The van der Waals surface area contributed by atoms with Crippen molar-refractivity contribution in [2.24, 2.45) is 7.05 Å². The maximum absolute atomic E-state index is 2.66. The van der Waals surface area contributed by atoms with Gasteiger partial charge >= 0.3 is 0 Å². The van der Waals surface area contributed by atoms with Gasteiger partial charge in [0.1, 0.15) is 0 Å². The van der Waals surface area contributed by atoms with E-state index in [1.165, 1.54) is 122 Å². The normalized spacial score (nSPS) is 12.6. The van der Waals surface area contributed by atoms with Crippen molar-refractivity contribution in [2.45, 2.75) is 52.0 Å². The molecule has 0 atom stereocenters. The highest BCUT2D eigenvalue weighted by molar-refractivity contribution is 7.28. The molecule has 4 heterocycles. The highest BCUT2D eigenvalue weighted by Crippen LogP contribution is 2.47. The number of rotatable bonds is 7. The number of benzene rings is 5. The van der Waals surface area contributed by atoms with Gasteiger partial charge in [-0.25, -0.2) is 0 Å². The molecule has 0 aliphatic carbocycles. The van der Waals surface area contributed by atoms with E-state index in [-0.39, 0.29) is 0 Å².